The SMILES string of the molecule is CC(C)Oc1ccc(CNc2ccc(C(=O)O)cc2)cc1Br. The van der Waals surface area contributed by atoms with Crippen LogP contribution in [0.25, 0.3) is 0 Å². The zero-order chi connectivity index (χ0) is 16.1. The molecule has 0 heterocycles. The molecule has 0 aliphatic rings. The minimum Gasteiger partial charge on any atom is -0.490 e. The summed E-state index contributed by atoms with van der Waals surface area (Å²) in [6.45, 7) is 4.62. The molecule has 22 heavy (non-hydrogen) atoms. The fourth-order valence-corrected chi connectivity index (χ4v) is 2.46. The highest BCUT2D eigenvalue weighted by molar-refractivity contribution is 9.10. The molecule has 0 amide bonds. The van der Waals surface area contributed by atoms with Crippen molar-refractivity contribution in [3.8, 4) is 5.75 Å². The molecule has 0 aromatic heterocycles. The van der Waals surface area contributed by atoms with Crippen molar-refractivity contribution in [3.05, 3.63) is 58.1 Å². The van der Waals surface area contributed by atoms with Gasteiger partial charge in [0.1, 0.15) is 5.75 Å². The number of nitrogens with one attached hydrogen (secondary N) is 1. The maximum Gasteiger partial charge on any atom is 0.335 e. The second kappa shape index (κ2) is 7.31. The molecule has 0 atom stereocenters. The summed E-state index contributed by atoms with van der Waals surface area (Å²) in [7, 11) is 0. The van der Waals surface area contributed by atoms with Crippen molar-refractivity contribution < 1.29 is 14.6 Å². The van der Waals surface area contributed by atoms with Gasteiger partial charge in [-0.15, -0.1) is 0 Å². The first-order valence-corrected chi connectivity index (χ1v) is 7.77. The molecule has 0 saturated carbocycles. The number of anilines is 1. The lowest BCUT2D eigenvalue weighted by molar-refractivity contribution is 0.0697. The molecule has 116 valence electrons. The van der Waals surface area contributed by atoms with E-state index in [9.17, 15) is 4.79 Å². The number of hydrogen-bond acceptors (Lipinski definition) is 3. The molecular formula is C17H18BrNO3. The van der Waals surface area contributed by atoms with Gasteiger partial charge < -0.3 is 15.2 Å². The summed E-state index contributed by atoms with van der Waals surface area (Å²) in [5, 5.41) is 12.1. The summed E-state index contributed by atoms with van der Waals surface area (Å²) in [5.41, 5.74) is 2.26. The zero-order valence-electron chi connectivity index (χ0n) is 12.5. The highest BCUT2D eigenvalue weighted by Gasteiger charge is 2.05. The van der Waals surface area contributed by atoms with Gasteiger partial charge in [0.2, 0.25) is 0 Å². The molecule has 0 fully saturated rings. The Hall–Kier alpha value is -2.01. The smallest absolute Gasteiger partial charge is 0.335 e. The maximum absolute atomic E-state index is 10.8. The molecule has 0 spiro atoms. The summed E-state index contributed by atoms with van der Waals surface area (Å²) < 4.78 is 6.59. The lowest BCUT2D eigenvalue weighted by Crippen LogP contribution is -2.06. The Morgan fingerprint density at radius 3 is 2.45 bits per heavy atom. The van der Waals surface area contributed by atoms with Crippen molar-refractivity contribution in [2.75, 3.05) is 5.32 Å². The normalized spacial score (nSPS) is 10.5. The Kier molecular flexibility index (Phi) is 5.44. The zero-order valence-corrected chi connectivity index (χ0v) is 14.1. The van der Waals surface area contributed by atoms with Gasteiger partial charge in [0.15, 0.2) is 0 Å². The largest absolute Gasteiger partial charge is 0.490 e. The third-order valence-electron chi connectivity index (χ3n) is 2.99. The fourth-order valence-electron chi connectivity index (χ4n) is 1.94. The predicted octanol–water partition coefficient (Wildman–Crippen LogP) is 4.55. The van der Waals surface area contributed by atoms with Crippen molar-refractivity contribution in [3.63, 3.8) is 0 Å². The van der Waals surface area contributed by atoms with Crippen LogP contribution < -0.4 is 10.1 Å². The lowest BCUT2D eigenvalue weighted by Gasteiger charge is -2.13. The van der Waals surface area contributed by atoms with Gasteiger partial charge in [0.05, 0.1) is 16.1 Å². The first kappa shape index (κ1) is 16.4. The number of rotatable bonds is 6. The van der Waals surface area contributed by atoms with E-state index >= 15 is 0 Å². The molecule has 0 bridgehead atoms. The van der Waals surface area contributed by atoms with E-state index in [2.05, 4.69) is 21.2 Å². The average Bonchev–Trinajstić information content (AvgIpc) is 2.47. The quantitative estimate of drug-likeness (QED) is 0.790. The van der Waals surface area contributed by atoms with Gasteiger partial charge in [-0.3, -0.25) is 0 Å². The summed E-state index contributed by atoms with van der Waals surface area (Å²) in [4.78, 5) is 10.8. The van der Waals surface area contributed by atoms with Crippen LogP contribution in [0.2, 0.25) is 0 Å². The van der Waals surface area contributed by atoms with Crippen LogP contribution in [0, 0.1) is 0 Å². The Labute approximate surface area is 138 Å². The second-order valence-corrected chi connectivity index (χ2v) is 6.02. The summed E-state index contributed by atoms with van der Waals surface area (Å²) in [6.07, 6.45) is 0.132. The molecular weight excluding hydrogens is 346 g/mol. The number of carboxylic acids is 1. The van der Waals surface area contributed by atoms with Gasteiger partial charge >= 0.3 is 5.97 Å². The molecule has 0 aliphatic carbocycles. The summed E-state index contributed by atoms with van der Waals surface area (Å²) >= 11 is 3.51. The first-order chi connectivity index (χ1) is 10.5. The van der Waals surface area contributed by atoms with E-state index in [4.69, 9.17) is 9.84 Å². The minimum absolute atomic E-state index is 0.132. The van der Waals surface area contributed by atoms with Crippen molar-refractivity contribution in [1.29, 1.82) is 0 Å². The Balaban J connectivity index is 1.99. The van der Waals surface area contributed by atoms with Crippen LogP contribution in [0.15, 0.2) is 46.9 Å². The van der Waals surface area contributed by atoms with Gasteiger partial charge in [-0.05, 0) is 71.7 Å². The van der Waals surface area contributed by atoms with Crippen LogP contribution in [0.4, 0.5) is 5.69 Å². The van der Waals surface area contributed by atoms with Crippen LogP contribution in [0.3, 0.4) is 0 Å². The summed E-state index contributed by atoms with van der Waals surface area (Å²) in [6, 6.07) is 12.6. The van der Waals surface area contributed by atoms with E-state index in [1.54, 1.807) is 24.3 Å². The third-order valence-corrected chi connectivity index (χ3v) is 3.61. The molecule has 0 radical (unpaired) electrons. The topological polar surface area (TPSA) is 58.6 Å². The molecule has 2 rings (SSSR count). The van der Waals surface area contributed by atoms with Gasteiger partial charge in [-0.1, -0.05) is 6.07 Å². The van der Waals surface area contributed by atoms with E-state index in [0.717, 1.165) is 21.5 Å². The maximum atomic E-state index is 10.8. The van der Waals surface area contributed by atoms with Crippen LogP contribution in [0.1, 0.15) is 29.8 Å². The molecule has 5 heteroatoms. The average molecular weight is 364 g/mol. The van der Waals surface area contributed by atoms with E-state index < -0.39 is 5.97 Å². The molecule has 2 aromatic rings. The Morgan fingerprint density at radius 2 is 1.91 bits per heavy atom. The van der Waals surface area contributed by atoms with Gasteiger partial charge in [0.25, 0.3) is 0 Å². The third kappa shape index (κ3) is 4.49. The summed E-state index contributed by atoms with van der Waals surface area (Å²) in [5.74, 6) is -0.0965. The number of aromatic carboxylic acids is 1. The molecule has 0 aliphatic heterocycles. The van der Waals surface area contributed by atoms with Crippen molar-refractivity contribution in [1.82, 2.24) is 0 Å². The minimum atomic E-state index is -0.920. The van der Waals surface area contributed by atoms with Crippen LogP contribution >= 0.6 is 15.9 Å². The number of ether oxygens (including phenoxy) is 1. The predicted molar refractivity (Wildman–Crippen MR) is 90.6 cm³/mol. The molecule has 0 saturated heterocycles. The van der Waals surface area contributed by atoms with E-state index in [1.165, 1.54) is 0 Å². The Morgan fingerprint density at radius 1 is 1.23 bits per heavy atom. The lowest BCUT2D eigenvalue weighted by atomic mass is 10.2. The second-order valence-electron chi connectivity index (χ2n) is 5.17. The van der Waals surface area contributed by atoms with Crippen molar-refractivity contribution in [2.24, 2.45) is 0 Å². The highest BCUT2D eigenvalue weighted by atomic mass is 79.9. The van der Waals surface area contributed by atoms with Crippen molar-refractivity contribution >= 4 is 27.6 Å². The van der Waals surface area contributed by atoms with Crippen LogP contribution in [-0.2, 0) is 6.54 Å². The van der Waals surface area contributed by atoms with E-state index in [-0.39, 0.29) is 11.7 Å². The molecule has 0 unspecified atom stereocenters. The molecule has 2 N–H and O–H groups in total. The molecule has 4 nitrogen and oxygen atoms in total. The van der Waals surface area contributed by atoms with E-state index in [0.29, 0.717) is 6.54 Å². The molecule has 2 aromatic carbocycles. The Bertz CT molecular complexity index is 653. The van der Waals surface area contributed by atoms with Crippen LogP contribution in [-0.4, -0.2) is 17.2 Å². The number of hydrogen-bond donors (Lipinski definition) is 2. The van der Waals surface area contributed by atoms with Crippen LogP contribution in [0.5, 0.6) is 5.75 Å². The van der Waals surface area contributed by atoms with Crippen molar-refractivity contribution in [2.45, 2.75) is 26.5 Å². The number of carbonyl (C=O) groups is 1. The van der Waals surface area contributed by atoms with Gasteiger partial charge in [-0.25, -0.2) is 4.79 Å². The number of benzene rings is 2. The van der Waals surface area contributed by atoms with Gasteiger partial charge in [-0.2, -0.15) is 0 Å². The highest BCUT2D eigenvalue weighted by Crippen LogP contribution is 2.27. The number of halogens is 1. The monoisotopic (exact) mass is 363 g/mol. The standard InChI is InChI=1S/C17H18BrNO3/c1-11(2)22-16-8-3-12(9-15(16)18)10-19-14-6-4-13(5-7-14)17(20)21/h3-9,11,19H,10H2,1-2H3,(H,20,21). The fraction of sp³-hybridized carbons (Fsp3) is 0.235. The first-order valence-electron chi connectivity index (χ1n) is 6.98. The number of carboxylic acid groups (broad SMARTS) is 1. The van der Waals surface area contributed by atoms with E-state index in [1.807, 2.05) is 32.0 Å². The van der Waals surface area contributed by atoms with Gasteiger partial charge in [0, 0.05) is 12.2 Å².